The lowest BCUT2D eigenvalue weighted by Crippen LogP contribution is -2.04. The van der Waals surface area contributed by atoms with Crippen LogP contribution < -0.4 is 10.2 Å². The van der Waals surface area contributed by atoms with Crippen molar-refractivity contribution < 1.29 is 23.8 Å². The molecule has 22 heavy (non-hydrogen) atoms. The lowest BCUT2D eigenvalue weighted by atomic mass is 10.2. The van der Waals surface area contributed by atoms with Crippen LogP contribution in [-0.4, -0.2) is 18.2 Å². The van der Waals surface area contributed by atoms with Gasteiger partial charge in [0, 0.05) is 12.1 Å². The number of rotatable bonds is 5. The summed E-state index contributed by atoms with van der Waals surface area (Å²) in [5, 5.41) is 9.04. The van der Waals surface area contributed by atoms with Crippen molar-refractivity contribution in [3.8, 4) is 11.5 Å². The first kappa shape index (κ1) is 15.4. The van der Waals surface area contributed by atoms with Crippen molar-refractivity contribution in [1.82, 2.24) is 0 Å². The smallest absolute Gasteiger partial charge is 0.331 e. The highest BCUT2D eigenvalue weighted by Gasteiger charge is 2.04. The van der Waals surface area contributed by atoms with E-state index in [9.17, 15) is 9.59 Å². The number of methoxy groups -OCH3 is 1. The molecule has 0 aliphatic carbocycles. The van der Waals surface area contributed by atoms with Crippen LogP contribution in [0.25, 0.3) is 6.08 Å². The fourth-order valence-electron chi connectivity index (χ4n) is 1.62. The molecule has 1 aromatic heterocycles. The molecule has 0 unspecified atom stereocenters. The summed E-state index contributed by atoms with van der Waals surface area (Å²) in [4.78, 5) is 22.8. The molecule has 0 aliphatic rings. The van der Waals surface area contributed by atoms with Crippen LogP contribution in [0.2, 0.25) is 0 Å². The third-order valence-electron chi connectivity index (χ3n) is 2.73. The molecular formula is C16H14O6. The molecule has 2 rings (SSSR count). The molecule has 0 spiro atoms. The van der Waals surface area contributed by atoms with E-state index in [1.54, 1.807) is 31.4 Å². The third kappa shape index (κ3) is 4.24. The second kappa shape index (κ2) is 7.12. The van der Waals surface area contributed by atoms with Crippen molar-refractivity contribution in [2.24, 2.45) is 0 Å². The molecule has 0 bridgehead atoms. The SMILES string of the molecule is COc1cccc(/C=C/C(=O)OCc2cc(=O)c(O)co2)c1. The number of carbonyl (C=O) groups is 1. The summed E-state index contributed by atoms with van der Waals surface area (Å²) in [5.41, 5.74) is 0.191. The van der Waals surface area contributed by atoms with Crippen molar-refractivity contribution in [1.29, 1.82) is 0 Å². The molecule has 1 N–H and O–H groups in total. The standard InChI is InChI=1S/C16H14O6/c1-20-12-4-2-3-11(7-12)5-6-16(19)22-9-13-8-14(17)15(18)10-21-13/h2-8,10,18H,9H2,1H3/b6-5+. The van der Waals surface area contributed by atoms with E-state index >= 15 is 0 Å². The molecule has 2 aromatic rings. The molecule has 0 atom stereocenters. The first-order valence-electron chi connectivity index (χ1n) is 6.38. The fraction of sp³-hybridized carbons (Fsp3) is 0.125. The molecular weight excluding hydrogens is 288 g/mol. The molecule has 1 aromatic carbocycles. The van der Waals surface area contributed by atoms with Gasteiger partial charge in [0.05, 0.1) is 7.11 Å². The van der Waals surface area contributed by atoms with Gasteiger partial charge in [-0.25, -0.2) is 4.79 Å². The number of esters is 1. The predicted molar refractivity (Wildman–Crippen MR) is 78.5 cm³/mol. The van der Waals surface area contributed by atoms with Gasteiger partial charge in [-0.05, 0) is 23.8 Å². The second-order valence-corrected chi connectivity index (χ2v) is 4.31. The number of benzene rings is 1. The van der Waals surface area contributed by atoms with Gasteiger partial charge in [0.15, 0.2) is 5.75 Å². The van der Waals surface area contributed by atoms with E-state index in [0.717, 1.165) is 17.9 Å². The number of hydrogen-bond donors (Lipinski definition) is 1. The number of hydrogen-bond acceptors (Lipinski definition) is 6. The van der Waals surface area contributed by atoms with Gasteiger partial charge in [-0.1, -0.05) is 12.1 Å². The van der Waals surface area contributed by atoms with Gasteiger partial charge in [0.2, 0.25) is 5.43 Å². The average Bonchev–Trinajstić information content (AvgIpc) is 2.54. The van der Waals surface area contributed by atoms with Crippen LogP contribution in [0.15, 0.2) is 51.9 Å². The normalized spacial score (nSPS) is 10.6. The summed E-state index contributed by atoms with van der Waals surface area (Å²) in [6, 6.07) is 8.24. The zero-order valence-electron chi connectivity index (χ0n) is 11.8. The molecule has 0 aliphatic heterocycles. The molecule has 0 fully saturated rings. The Balaban J connectivity index is 1.93. The van der Waals surface area contributed by atoms with Crippen molar-refractivity contribution in [2.45, 2.75) is 6.61 Å². The van der Waals surface area contributed by atoms with Gasteiger partial charge in [-0.15, -0.1) is 0 Å². The predicted octanol–water partition coefficient (Wildman–Crippen LogP) is 2.11. The lowest BCUT2D eigenvalue weighted by molar-refractivity contribution is -0.139. The van der Waals surface area contributed by atoms with Crippen LogP contribution in [0.1, 0.15) is 11.3 Å². The summed E-state index contributed by atoms with van der Waals surface area (Å²) in [6.07, 6.45) is 3.74. The number of ether oxygens (including phenoxy) is 2. The molecule has 1 heterocycles. The Bertz CT molecular complexity index is 744. The van der Waals surface area contributed by atoms with Crippen molar-refractivity contribution >= 4 is 12.0 Å². The van der Waals surface area contributed by atoms with Gasteiger partial charge in [0.1, 0.15) is 24.4 Å². The van der Waals surface area contributed by atoms with E-state index < -0.39 is 17.1 Å². The topological polar surface area (TPSA) is 86.0 Å². The van der Waals surface area contributed by atoms with Gasteiger partial charge in [-0.2, -0.15) is 0 Å². The summed E-state index contributed by atoms with van der Waals surface area (Å²) in [6.45, 7) is -0.198. The van der Waals surface area contributed by atoms with E-state index in [0.29, 0.717) is 5.75 Å². The van der Waals surface area contributed by atoms with Crippen molar-refractivity contribution in [3.63, 3.8) is 0 Å². The Kier molecular flexibility index (Phi) is 4.98. The Morgan fingerprint density at radius 3 is 2.91 bits per heavy atom. The van der Waals surface area contributed by atoms with E-state index in [4.69, 9.17) is 19.0 Å². The summed E-state index contributed by atoms with van der Waals surface area (Å²) >= 11 is 0. The van der Waals surface area contributed by atoms with Gasteiger partial charge in [-0.3, -0.25) is 4.79 Å². The number of carbonyl (C=O) groups excluding carboxylic acids is 1. The van der Waals surface area contributed by atoms with E-state index in [1.165, 1.54) is 6.08 Å². The van der Waals surface area contributed by atoms with Crippen LogP contribution in [0.5, 0.6) is 11.5 Å². The van der Waals surface area contributed by atoms with Crippen molar-refractivity contribution in [2.75, 3.05) is 7.11 Å². The highest BCUT2D eigenvalue weighted by atomic mass is 16.5. The second-order valence-electron chi connectivity index (χ2n) is 4.31. The van der Waals surface area contributed by atoms with Crippen molar-refractivity contribution in [3.05, 3.63) is 64.2 Å². The maximum atomic E-state index is 11.6. The Labute approximate surface area is 126 Å². The zero-order chi connectivity index (χ0) is 15.9. The van der Waals surface area contributed by atoms with Gasteiger partial charge >= 0.3 is 5.97 Å². The number of aromatic hydroxyl groups is 1. The molecule has 6 nitrogen and oxygen atoms in total. The minimum atomic E-state index is -0.593. The van der Waals surface area contributed by atoms with Crippen LogP contribution in [0.4, 0.5) is 0 Å². The Hall–Kier alpha value is -3.02. The minimum Gasteiger partial charge on any atom is -0.502 e. The van der Waals surface area contributed by atoms with Crippen LogP contribution in [-0.2, 0) is 16.1 Å². The molecule has 0 saturated carbocycles. The maximum Gasteiger partial charge on any atom is 0.331 e. The summed E-state index contributed by atoms with van der Waals surface area (Å²) in [5.74, 6) is -0.251. The third-order valence-corrected chi connectivity index (χ3v) is 2.73. The highest BCUT2D eigenvalue weighted by Crippen LogP contribution is 2.13. The summed E-state index contributed by atoms with van der Waals surface area (Å²) in [7, 11) is 1.56. The average molecular weight is 302 g/mol. The fourth-order valence-corrected chi connectivity index (χ4v) is 1.62. The molecule has 0 radical (unpaired) electrons. The van der Waals surface area contributed by atoms with E-state index in [-0.39, 0.29) is 12.4 Å². The largest absolute Gasteiger partial charge is 0.502 e. The summed E-state index contributed by atoms with van der Waals surface area (Å²) < 4.78 is 14.9. The van der Waals surface area contributed by atoms with Crippen LogP contribution in [0, 0.1) is 0 Å². The van der Waals surface area contributed by atoms with E-state index in [1.807, 2.05) is 6.07 Å². The van der Waals surface area contributed by atoms with Gasteiger partial charge < -0.3 is 19.0 Å². The zero-order valence-corrected chi connectivity index (χ0v) is 11.8. The Morgan fingerprint density at radius 2 is 2.18 bits per heavy atom. The van der Waals surface area contributed by atoms with E-state index in [2.05, 4.69) is 0 Å². The first-order valence-corrected chi connectivity index (χ1v) is 6.38. The Morgan fingerprint density at radius 1 is 1.36 bits per heavy atom. The maximum absolute atomic E-state index is 11.6. The van der Waals surface area contributed by atoms with Gasteiger partial charge in [0.25, 0.3) is 0 Å². The molecule has 0 amide bonds. The van der Waals surface area contributed by atoms with Crippen LogP contribution in [0.3, 0.4) is 0 Å². The minimum absolute atomic E-state index is 0.144. The molecule has 0 saturated heterocycles. The molecule has 6 heteroatoms. The lowest BCUT2D eigenvalue weighted by Gasteiger charge is -2.02. The molecule has 114 valence electrons. The highest BCUT2D eigenvalue weighted by molar-refractivity contribution is 5.87. The first-order chi connectivity index (χ1) is 10.6. The quantitative estimate of drug-likeness (QED) is 0.672. The monoisotopic (exact) mass is 302 g/mol. The van der Waals surface area contributed by atoms with Crippen LogP contribution >= 0.6 is 0 Å².